The maximum atomic E-state index is 5.33. The first-order valence-electron chi connectivity index (χ1n) is 2.87. The molecule has 9 heavy (non-hydrogen) atoms. The van der Waals surface area contributed by atoms with Crippen molar-refractivity contribution in [1.29, 1.82) is 0 Å². The van der Waals surface area contributed by atoms with Crippen LogP contribution in [0.2, 0.25) is 5.22 Å². The van der Waals surface area contributed by atoms with E-state index in [2.05, 4.69) is 4.98 Å². The van der Waals surface area contributed by atoms with Crippen molar-refractivity contribution in [1.82, 2.24) is 4.98 Å². The lowest BCUT2D eigenvalue weighted by molar-refractivity contribution is 0.523. The summed E-state index contributed by atoms with van der Waals surface area (Å²) in [5, 5.41) is 0.345. The van der Waals surface area contributed by atoms with Crippen LogP contribution in [0.3, 0.4) is 0 Å². The van der Waals surface area contributed by atoms with Gasteiger partial charge in [0.2, 0.25) is 5.22 Å². The Kier molecular flexibility index (Phi) is 4.14. The highest BCUT2D eigenvalue weighted by Crippen LogP contribution is 2.06. The molecule has 0 saturated carbocycles. The maximum Gasteiger partial charge on any atom is 0.213 e. The van der Waals surface area contributed by atoms with Crippen molar-refractivity contribution in [2.75, 3.05) is 0 Å². The lowest BCUT2D eigenvalue weighted by atomic mass is 10.8. The Hall–Kier alpha value is -0.500. The Balaban J connectivity index is 0.000000291. The van der Waals surface area contributed by atoms with Crippen LogP contribution < -0.4 is 0 Å². The number of aromatic nitrogens is 1. The predicted octanol–water partition coefficient (Wildman–Crippen LogP) is 2.66. The average Bonchev–Trinajstić information content (AvgIpc) is 2.20. The number of oxazole rings is 1. The number of hydrogen-bond donors (Lipinski definition) is 0. The number of hydrogen-bond acceptors (Lipinski definition) is 2. The summed E-state index contributed by atoms with van der Waals surface area (Å²) in [6.45, 7) is 5.74. The summed E-state index contributed by atoms with van der Waals surface area (Å²) in [7, 11) is 0. The van der Waals surface area contributed by atoms with Gasteiger partial charge in [-0.05, 0) is 11.6 Å². The van der Waals surface area contributed by atoms with Crippen LogP contribution in [0.4, 0.5) is 0 Å². The molecule has 0 fully saturated rings. The zero-order valence-electron chi connectivity index (χ0n) is 5.81. The molecule has 52 valence electrons. The molecule has 0 unspecified atom stereocenters. The highest BCUT2D eigenvalue weighted by Gasteiger charge is 1.89. The quantitative estimate of drug-likeness (QED) is 0.564. The van der Waals surface area contributed by atoms with Gasteiger partial charge in [0.25, 0.3) is 0 Å². The average molecular weight is 148 g/mol. The van der Waals surface area contributed by atoms with E-state index in [0.29, 0.717) is 11.1 Å². The van der Waals surface area contributed by atoms with E-state index >= 15 is 0 Å². The third-order valence-electron chi connectivity index (χ3n) is 0.593. The minimum absolute atomic E-state index is 0.345. The topological polar surface area (TPSA) is 26.0 Å². The Bertz CT molecular complexity index is 145. The molecule has 0 amide bonds. The summed E-state index contributed by atoms with van der Waals surface area (Å²) in [4.78, 5) is 3.72. The molecule has 0 radical (unpaired) electrons. The first kappa shape index (κ1) is 8.50. The van der Waals surface area contributed by atoms with Crippen LogP contribution in [-0.4, -0.2) is 4.98 Å². The van der Waals surface area contributed by atoms with Crippen molar-refractivity contribution in [2.24, 2.45) is 0 Å². The van der Waals surface area contributed by atoms with Crippen molar-refractivity contribution in [3.05, 3.63) is 17.3 Å². The third kappa shape index (κ3) is 3.14. The molecule has 0 aliphatic heterocycles. The van der Waals surface area contributed by atoms with E-state index in [4.69, 9.17) is 16.0 Å². The normalized spacial score (nSPS) is 8.00. The van der Waals surface area contributed by atoms with E-state index in [9.17, 15) is 0 Å². The molecule has 0 aliphatic carbocycles. The molecule has 0 spiro atoms. The summed E-state index contributed by atoms with van der Waals surface area (Å²) in [6, 6.07) is 0. The maximum absolute atomic E-state index is 5.33. The van der Waals surface area contributed by atoms with Crippen molar-refractivity contribution >= 4 is 11.6 Å². The van der Waals surface area contributed by atoms with Gasteiger partial charge in [0, 0.05) is 6.92 Å². The monoisotopic (exact) mass is 147 g/mol. The fourth-order valence-corrected chi connectivity index (χ4v) is 0.496. The molecule has 2 nitrogen and oxygen atoms in total. The van der Waals surface area contributed by atoms with Gasteiger partial charge in [-0.1, -0.05) is 13.8 Å². The van der Waals surface area contributed by atoms with Crippen molar-refractivity contribution in [2.45, 2.75) is 20.8 Å². The Morgan fingerprint density at radius 3 is 2.22 bits per heavy atom. The molecule has 0 N–H and O–H groups in total. The van der Waals surface area contributed by atoms with Crippen LogP contribution in [-0.2, 0) is 0 Å². The first-order chi connectivity index (χ1) is 4.29. The Morgan fingerprint density at radius 1 is 1.56 bits per heavy atom. The predicted molar refractivity (Wildman–Crippen MR) is 37.6 cm³/mol. The van der Waals surface area contributed by atoms with Gasteiger partial charge in [-0.3, -0.25) is 0 Å². The lowest BCUT2D eigenvalue weighted by Crippen LogP contribution is -1.59. The molecule has 0 saturated heterocycles. The standard InChI is InChI=1S/C4H4ClNO.C2H6/c1-3-6-2-4(5)7-3;1-2/h2H,1H3;1-2H3. The summed E-state index contributed by atoms with van der Waals surface area (Å²) >= 11 is 5.33. The molecular weight excluding hydrogens is 138 g/mol. The summed E-state index contributed by atoms with van der Waals surface area (Å²) in [6.07, 6.45) is 1.47. The molecule has 1 rings (SSSR count). The van der Waals surface area contributed by atoms with E-state index in [1.54, 1.807) is 6.92 Å². The molecule has 0 atom stereocenters. The van der Waals surface area contributed by atoms with Crippen molar-refractivity contribution in [3.8, 4) is 0 Å². The van der Waals surface area contributed by atoms with E-state index in [1.165, 1.54) is 6.20 Å². The van der Waals surface area contributed by atoms with E-state index < -0.39 is 0 Å². The van der Waals surface area contributed by atoms with Gasteiger partial charge in [0.05, 0.1) is 6.20 Å². The number of halogens is 1. The lowest BCUT2D eigenvalue weighted by Gasteiger charge is -1.71. The molecule has 0 aliphatic rings. The van der Waals surface area contributed by atoms with Crippen LogP contribution >= 0.6 is 11.6 Å². The zero-order valence-corrected chi connectivity index (χ0v) is 6.57. The Labute approximate surface area is 59.8 Å². The molecule has 1 aromatic rings. The second-order valence-corrected chi connectivity index (χ2v) is 1.56. The van der Waals surface area contributed by atoms with Gasteiger partial charge < -0.3 is 4.42 Å². The van der Waals surface area contributed by atoms with Crippen LogP contribution in [0.25, 0.3) is 0 Å². The van der Waals surface area contributed by atoms with Gasteiger partial charge in [0.15, 0.2) is 5.89 Å². The SMILES string of the molecule is CC.Cc1ncc(Cl)o1. The second kappa shape index (κ2) is 4.39. The summed E-state index contributed by atoms with van der Waals surface area (Å²) < 4.78 is 4.74. The van der Waals surface area contributed by atoms with Crippen molar-refractivity contribution < 1.29 is 4.42 Å². The minimum Gasteiger partial charge on any atom is -0.430 e. The van der Waals surface area contributed by atoms with Crippen LogP contribution in [0.15, 0.2) is 10.6 Å². The smallest absolute Gasteiger partial charge is 0.213 e. The van der Waals surface area contributed by atoms with Crippen LogP contribution in [0.1, 0.15) is 19.7 Å². The summed E-state index contributed by atoms with van der Waals surface area (Å²) in [5.74, 6) is 0.602. The highest BCUT2D eigenvalue weighted by molar-refractivity contribution is 6.28. The van der Waals surface area contributed by atoms with Crippen LogP contribution in [0, 0.1) is 6.92 Å². The van der Waals surface area contributed by atoms with Gasteiger partial charge in [-0.2, -0.15) is 0 Å². The second-order valence-electron chi connectivity index (χ2n) is 1.18. The first-order valence-corrected chi connectivity index (χ1v) is 3.25. The largest absolute Gasteiger partial charge is 0.430 e. The third-order valence-corrected chi connectivity index (χ3v) is 0.768. The highest BCUT2D eigenvalue weighted by atomic mass is 35.5. The van der Waals surface area contributed by atoms with Crippen molar-refractivity contribution in [3.63, 3.8) is 0 Å². The molecule has 1 aromatic heterocycles. The fourth-order valence-electron chi connectivity index (χ4n) is 0.335. The van der Waals surface area contributed by atoms with E-state index in [-0.39, 0.29) is 0 Å². The number of rotatable bonds is 0. The summed E-state index contributed by atoms with van der Waals surface area (Å²) in [5.41, 5.74) is 0. The minimum atomic E-state index is 0.345. The molecule has 1 heterocycles. The molecule has 3 heteroatoms. The van der Waals surface area contributed by atoms with Crippen LogP contribution in [0.5, 0.6) is 0 Å². The number of nitrogens with zero attached hydrogens (tertiary/aromatic N) is 1. The molecule has 0 bridgehead atoms. The fraction of sp³-hybridized carbons (Fsp3) is 0.500. The molecule has 0 aromatic carbocycles. The Morgan fingerprint density at radius 2 is 2.11 bits per heavy atom. The zero-order chi connectivity index (χ0) is 7.28. The van der Waals surface area contributed by atoms with Gasteiger partial charge in [-0.15, -0.1) is 0 Å². The van der Waals surface area contributed by atoms with Gasteiger partial charge >= 0.3 is 0 Å². The van der Waals surface area contributed by atoms with E-state index in [1.807, 2.05) is 13.8 Å². The molecular formula is C6H10ClNO. The van der Waals surface area contributed by atoms with Gasteiger partial charge in [0.1, 0.15) is 0 Å². The van der Waals surface area contributed by atoms with E-state index in [0.717, 1.165) is 0 Å². The van der Waals surface area contributed by atoms with Gasteiger partial charge in [-0.25, -0.2) is 4.98 Å². The number of aryl methyl sites for hydroxylation is 1.